The molecule has 0 aromatic carbocycles. The summed E-state index contributed by atoms with van der Waals surface area (Å²) in [6.07, 6.45) is 1.43. The predicted octanol–water partition coefficient (Wildman–Crippen LogP) is 2.42. The van der Waals surface area contributed by atoms with E-state index in [4.69, 9.17) is 0 Å². The Morgan fingerprint density at radius 1 is 1.14 bits per heavy atom. The van der Waals surface area contributed by atoms with Gasteiger partial charge in [0.05, 0.1) is 23.2 Å². The molecule has 9 unspecified atom stereocenters. The number of rotatable bonds is 5. The fourth-order valence-electron chi connectivity index (χ4n) is 8.63. The summed E-state index contributed by atoms with van der Waals surface area (Å²) in [5.41, 5.74) is -5.45. The number of carbonyl (C=O) groups excluding carboxylic acids is 3. The van der Waals surface area contributed by atoms with E-state index in [2.05, 4.69) is 0 Å². The molecule has 4 rings (SSSR count). The second kappa shape index (κ2) is 8.31. The molecule has 2 saturated carbocycles. The van der Waals surface area contributed by atoms with Crippen LogP contribution in [0.15, 0.2) is 23.5 Å². The first-order chi connectivity index (χ1) is 16.7. The van der Waals surface area contributed by atoms with Gasteiger partial charge in [-0.2, -0.15) is 0 Å². The van der Waals surface area contributed by atoms with Crippen molar-refractivity contribution in [2.45, 2.75) is 97.6 Å². The molecule has 8 heteroatoms. The normalized spacial score (nSPS) is 41.5. The van der Waals surface area contributed by atoms with Crippen molar-refractivity contribution in [3.05, 3.63) is 23.5 Å². The van der Waals surface area contributed by atoms with Gasteiger partial charge in [0.2, 0.25) is 5.78 Å². The zero-order chi connectivity index (χ0) is 28.1. The first-order valence-electron chi connectivity index (χ1n) is 13.2. The van der Waals surface area contributed by atoms with Crippen molar-refractivity contribution in [3.63, 3.8) is 0 Å². The number of ketones is 3. The molecule has 0 radical (unpaired) electrons. The van der Waals surface area contributed by atoms with E-state index in [1.165, 1.54) is 26.8 Å². The molecule has 4 aliphatic carbocycles. The number of allylic oxidation sites excluding steroid dienone is 4. The Hall–Kier alpha value is -1.87. The second-order valence-corrected chi connectivity index (χ2v) is 13.7. The summed E-state index contributed by atoms with van der Waals surface area (Å²) in [6.45, 7) is 11.4. The van der Waals surface area contributed by atoms with Crippen LogP contribution in [0.4, 0.5) is 0 Å². The maximum Gasteiger partial charge on any atom is 0.206 e. The minimum atomic E-state index is -2.03. The van der Waals surface area contributed by atoms with Crippen LogP contribution < -0.4 is 0 Å². The number of hydrogen-bond donors (Lipinski definition) is 5. The van der Waals surface area contributed by atoms with Crippen LogP contribution in [0.5, 0.6) is 0 Å². The topological polar surface area (TPSA) is 152 Å². The molecule has 0 aromatic heterocycles. The molecule has 0 heterocycles. The summed E-state index contributed by atoms with van der Waals surface area (Å²) in [4.78, 5) is 39.9. The van der Waals surface area contributed by atoms with Crippen LogP contribution in [0.3, 0.4) is 0 Å². The molecule has 0 bridgehead atoms. The predicted molar refractivity (Wildman–Crippen MR) is 135 cm³/mol. The molecule has 0 amide bonds. The Bertz CT molecular complexity index is 1090. The van der Waals surface area contributed by atoms with Gasteiger partial charge < -0.3 is 25.5 Å². The van der Waals surface area contributed by atoms with Crippen LogP contribution in [-0.2, 0) is 14.4 Å². The van der Waals surface area contributed by atoms with Gasteiger partial charge in [0, 0.05) is 30.1 Å². The molecule has 4 aliphatic rings. The number of aliphatic hydroxyl groups is 5. The molecule has 37 heavy (non-hydrogen) atoms. The molecule has 5 N–H and O–H groups in total. The molecule has 9 atom stereocenters. The highest BCUT2D eigenvalue weighted by Crippen LogP contribution is 2.67. The summed E-state index contributed by atoms with van der Waals surface area (Å²) >= 11 is 0. The molecule has 206 valence electrons. The van der Waals surface area contributed by atoms with Crippen molar-refractivity contribution < 1.29 is 39.9 Å². The van der Waals surface area contributed by atoms with E-state index in [-0.39, 0.29) is 35.6 Å². The zero-order valence-corrected chi connectivity index (χ0v) is 22.9. The van der Waals surface area contributed by atoms with Crippen LogP contribution >= 0.6 is 0 Å². The van der Waals surface area contributed by atoms with Crippen LogP contribution in [-0.4, -0.2) is 66.3 Å². The van der Waals surface area contributed by atoms with Gasteiger partial charge in [-0.1, -0.05) is 25.5 Å². The largest absolute Gasteiger partial charge is 0.505 e. The summed E-state index contributed by atoms with van der Waals surface area (Å²) in [5.74, 6) is -3.34. The molecular weight excluding hydrogens is 476 g/mol. The second-order valence-electron chi connectivity index (χ2n) is 13.7. The van der Waals surface area contributed by atoms with Crippen molar-refractivity contribution in [1.29, 1.82) is 0 Å². The summed E-state index contributed by atoms with van der Waals surface area (Å²) in [7, 11) is 0. The van der Waals surface area contributed by atoms with E-state index in [1.54, 1.807) is 13.8 Å². The highest BCUT2D eigenvalue weighted by Gasteiger charge is 2.68. The van der Waals surface area contributed by atoms with Gasteiger partial charge >= 0.3 is 0 Å². The van der Waals surface area contributed by atoms with E-state index in [0.29, 0.717) is 12.8 Å². The monoisotopic (exact) mass is 518 g/mol. The fourth-order valence-corrected chi connectivity index (χ4v) is 8.63. The maximum absolute atomic E-state index is 13.9. The van der Waals surface area contributed by atoms with Crippen LogP contribution in [0.25, 0.3) is 0 Å². The fraction of sp³-hybridized carbons (Fsp3) is 0.759. The standard InChI is InChI=1S/C29H42O8/c1-25(2)19-9-8-14-15-10-16(30)23(29(7,37)21(34)11-20(33)26(3,4)36)27(15,5)12-17(31)22(14)28(19,6)13-18(32)24(25)35/h9,13-16,20,22-23,30,32-33,36-37H,8,10-12H2,1-7H3. The average Bonchev–Trinajstić information content (AvgIpc) is 3.01. The first kappa shape index (κ1) is 28.1. The Labute approximate surface area is 218 Å². The van der Waals surface area contributed by atoms with Gasteiger partial charge in [0.15, 0.2) is 11.5 Å². The lowest BCUT2D eigenvalue weighted by molar-refractivity contribution is -0.166. The third kappa shape index (κ3) is 3.89. The number of carbonyl (C=O) groups is 3. The maximum atomic E-state index is 13.9. The first-order valence-corrected chi connectivity index (χ1v) is 13.2. The van der Waals surface area contributed by atoms with Gasteiger partial charge in [0.1, 0.15) is 11.4 Å². The van der Waals surface area contributed by atoms with Gasteiger partial charge in [0.25, 0.3) is 0 Å². The lowest BCUT2D eigenvalue weighted by Crippen LogP contribution is -2.59. The Morgan fingerprint density at radius 2 is 1.73 bits per heavy atom. The minimum absolute atomic E-state index is 0.0316. The number of hydrogen-bond acceptors (Lipinski definition) is 8. The zero-order valence-electron chi connectivity index (χ0n) is 22.9. The van der Waals surface area contributed by atoms with Gasteiger partial charge in [-0.3, -0.25) is 14.4 Å². The minimum Gasteiger partial charge on any atom is -0.505 e. The van der Waals surface area contributed by atoms with E-state index in [0.717, 1.165) is 5.57 Å². The number of Topliss-reactive ketones (excluding diaryl/α,β-unsaturated/α-hetero) is 3. The van der Waals surface area contributed by atoms with E-state index < -0.39 is 63.7 Å². The van der Waals surface area contributed by atoms with Crippen molar-refractivity contribution >= 4 is 17.3 Å². The Kier molecular flexibility index (Phi) is 6.32. The molecule has 8 nitrogen and oxygen atoms in total. The van der Waals surface area contributed by atoms with Crippen LogP contribution in [0.1, 0.15) is 74.1 Å². The number of aliphatic hydroxyl groups excluding tert-OH is 3. The Morgan fingerprint density at radius 3 is 2.30 bits per heavy atom. The summed E-state index contributed by atoms with van der Waals surface area (Å²) in [6, 6.07) is 0. The lowest BCUT2D eigenvalue weighted by Gasteiger charge is -2.57. The molecule has 0 aliphatic heterocycles. The third-order valence-electron chi connectivity index (χ3n) is 10.4. The lowest BCUT2D eigenvalue weighted by atomic mass is 9.45. The van der Waals surface area contributed by atoms with Crippen molar-refractivity contribution in [2.75, 3.05) is 0 Å². The summed E-state index contributed by atoms with van der Waals surface area (Å²) in [5, 5.41) is 53.7. The summed E-state index contributed by atoms with van der Waals surface area (Å²) < 4.78 is 0. The third-order valence-corrected chi connectivity index (χ3v) is 10.4. The highest BCUT2D eigenvalue weighted by molar-refractivity contribution is 6.02. The molecule has 0 spiro atoms. The van der Waals surface area contributed by atoms with E-state index in [1.807, 2.05) is 19.9 Å². The van der Waals surface area contributed by atoms with Gasteiger partial charge in [-0.05, 0) is 70.8 Å². The van der Waals surface area contributed by atoms with Gasteiger partial charge in [-0.15, -0.1) is 0 Å². The Balaban J connectivity index is 1.72. The van der Waals surface area contributed by atoms with Crippen molar-refractivity contribution in [1.82, 2.24) is 0 Å². The SMILES string of the molecule is CC1(C)C(=O)C(O)=CC2(C)C1=CCC1C2C(=O)CC2(C)C1CC(O)C2C(C)(O)C(=O)CC(O)C(C)(C)O. The smallest absolute Gasteiger partial charge is 0.206 e. The van der Waals surface area contributed by atoms with E-state index >= 15 is 0 Å². The molecule has 0 aromatic rings. The van der Waals surface area contributed by atoms with E-state index in [9.17, 15) is 39.9 Å². The quantitative estimate of drug-likeness (QED) is 0.348. The average molecular weight is 519 g/mol. The van der Waals surface area contributed by atoms with Gasteiger partial charge in [-0.25, -0.2) is 0 Å². The molecule has 2 fully saturated rings. The van der Waals surface area contributed by atoms with Crippen molar-refractivity contribution in [3.8, 4) is 0 Å². The van der Waals surface area contributed by atoms with Crippen molar-refractivity contribution in [2.24, 2.45) is 39.9 Å². The number of fused-ring (bicyclic) bond motifs is 5. The molecule has 0 saturated heterocycles. The highest BCUT2D eigenvalue weighted by atomic mass is 16.3. The van der Waals surface area contributed by atoms with Crippen LogP contribution in [0, 0.1) is 39.9 Å². The van der Waals surface area contributed by atoms with Crippen LogP contribution in [0.2, 0.25) is 0 Å². The molecular formula is C29H42O8.